The van der Waals surface area contributed by atoms with Gasteiger partial charge < -0.3 is 24.8 Å². The lowest BCUT2D eigenvalue weighted by Gasteiger charge is -2.77. The van der Waals surface area contributed by atoms with Gasteiger partial charge in [0.2, 0.25) is 0 Å². The van der Waals surface area contributed by atoms with Crippen LogP contribution in [0, 0.1) is 55.7 Å². The summed E-state index contributed by atoms with van der Waals surface area (Å²) >= 11 is 0. The molecule has 5 aliphatic carbocycles. The normalized spacial score (nSPS) is 51.8. The van der Waals surface area contributed by atoms with E-state index in [1.807, 2.05) is 6.92 Å². The molecule has 0 aromatic heterocycles. The molecule has 0 amide bonds. The van der Waals surface area contributed by atoms with Crippen molar-refractivity contribution in [2.45, 2.75) is 137 Å². The van der Waals surface area contributed by atoms with Gasteiger partial charge in [0.15, 0.2) is 5.79 Å². The van der Waals surface area contributed by atoms with Gasteiger partial charge in [0, 0.05) is 36.9 Å². The Morgan fingerprint density at radius 1 is 0.851 bits per heavy atom. The number of fused-ring (bicyclic) bond motifs is 7. The maximum absolute atomic E-state index is 12.6. The van der Waals surface area contributed by atoms with E-state index in [2.05, 4.69) is 58.9 Å². The molecule has 6 fully saturated rings. The van der Waals surface area contributed by atoms with Crippen molar-refractivity contribution < 1.29 is 29.6 Å². The number of aliphatic hydroxyl groups is 2. The molecule has 2 bridgehead atoms. The molecule has 0 unspecified atom stereocenters. The monoisotopic (exact) mass is 650 g/mol. The highest BCUT2D eigenvalue weighted by Gasteiger charge is 2.81. The van der Waals surface area contributed by atoms with Gasteiger partial charge in [-0.1, -0.05) is 58.9 Å². The lowest BCUT2D eigenvalue weighted by Crippen LogP contribution is -2.73. The van der Waals surface area contributed by atoms with Crippen LogP contribution in [-0.2, 0) is 27.1 Å². The number of methoxy groups -OCH3 is 1. The number of carboxylic acid groups (broad SMARTS) is 1. The molecule has 7 rings (SSSR count). The Bertz CT molecular complexity index is 1390. The fourth-order valence-corrected chi connectivity index (χ4v) is 14.4. The molecule has 3 N–H and O–H groups in total. The summed E-state index contributed by atoms with van der Waals surface area (Å²) in [5, 5.41) is 34.3. The highest BCUT2D eigenvalue weighted by Crippen LogP contribution is 2.83. The molecule has 6 nitrogen and oxygen atoms in total. The van der Waals surface area contributed by atoms with Crippen LogP contribution in [-0.4, -0.2) is 53.5 Å². The molecule has 262 valence electrons. The quantitative estimate of drug-likeness (QED) is 0.279. The summed E-state index contributed by atoms with van der Waals surface area (Å²) in [4.78, 5) is 12.6. The van der Waals surface area contributed by atoms with E-state index in [0.29, 0.717) is 24.9 Å². The van der Waals surface area contributed by atoms with Crippen molar-refractivity contribution in [1.82, 2.24) is 0 Å². The number of aliphatic hydroxyl groups excluding tert-OH is 1. The maximum atomic E-state index is 12.6. The standard InChI is InChI=1S/C41H62O6/c1-27-40-14-12-30-36(4)18-17-34(2)15-16-35(3,33(43)44)25-31(34)37(36,5)19-20-38(30,6)39(40,26-42)21-22-41(27,45)47-32(40)24-29-10-8-28(9-11-29)13-23-46-7/h8-11,27,30-32,42,45H,12-26H2,1-7H3,(H,43,44)/t27-,30-,31-,32+,34-,35-,36-,37+,38-,39-,40-,41+/m1/s1. The third-order valence-corrected chi connectivity index (χ3v) is 17.7. The van der Waals surface area contributed by atoms with E-state index in [1.54, 1.807) is 7.11 Å². The summed E-state index contributed by atoms with van der Waals surface area (Å²) in [6, 6.07) is 8.83. The molecule has 5 saturated carbocycles. The lowest BCUT2D eigenvalue weighted by molar-refractivity contribution is -0.307. The van der Waals surface area contributed by atoms with Crippen LogP contribution in [0.3, 0.4) is 0 Å². The minimum atomic E-state index is -1.16. The first-order valence-electron chi connectivity index (χ1n) is 18.8. The second-order valence-electron chi connectivity index (χ2n) is 18.8. The first kappa shape index (κ1) is 34.0. The third-order valence-electron chi connectivity index (χ3n) is 17.7. The zero-order valence-electron chi connectivity index (χ0n) is 30.3. The van der Waals surface area contributed by atoms with Gasteiger partial charge >= 0.3 is 5.97 Å². The van der Waals surface area contributed by atoms with Gasteiger partial charge in [0.25, 0.3) is 0 Å². The molecule has 6 heteroatoms. The van der Waals surface area contributed by atoms with E-state index in [4.69, 9.17) is 9.47 Å². The lowest BCUT2D eigenvalue weighted by atomic mass is 9.26. The molecule has 1 aromatic rings. The van der Waals surface area contributed by atoms with Crippen molar-refractivity contribution >= 4 is 5.97 Å². The van der Waals surface area contributed by atoms with Gasteiger partial charge in [-0.2, -0.15) is 0 Å². The average Bonchev–Trinajstić information content (AvgIpc) is 3.16. The number of ether oxygens (including phenoxy) is 2. The van der Waals surface area contributed by atoms with Crippen LogP contribution < -0.4 is 0 Å². The predicted octanol–water partition coefficient (Wildman–Crippen LogP) is 7.81. The SMILES string of the molecule is COCCc1ccc(C[C@@H]2O[C@@]3(O)CC[C@]4(CO)[C@]2(CC[C@H]2[C@@]4(C)CC[C@@]4(C)[C@@H]5C[C@](C)(C(=O)O)CC[C@]5(C)CC[C@]24C)[C@H]3C)cc1. The van der Waals surface area contributed by atoms with Crippen LogP contribution in [0.2, 0.25) is 0 Å². The highest BCUT2D eigenvalue weighted by atomic mass is 16.6. The summed E-state index contributed by atoms with van der Waals surface area (Å²) in [5.41, 5.74) is 1.30. The molecule has 6 aliphatic rings. The van der Waals surface area contributed by atoms with Gasteiger partial charge in [-0.05, 0) is 129 Å². The molecule has 1 aliphatic heterocycles. The number of carboxylic acids is 1. The first-order valence-corrected chi connectivity index (χ1v) is 18.8. The number of rotatable bonds is 7. The molecular formula is C41H62O6. The van der Waals surface area contributed by atoms with Crippen molar-refractivity contribution in [3.8, 4) is 0 Å². The number of aliphatic carboxylic acids is 1. The minimum absolute atomic E-state index is 0.0413. The van der Waals surface area contributed by atoms with Gasteiger partial charge in [-0.25, -0.2) is 0 Å². The smallest absolute Gasteiger partial charge is 0.309 e. The van der Waals surface area contributed by atoms with E-state index in [0.717, 1.165) is 70.6 Å². The van der Waals surface area contributed by atoms with Crippen molar-refractivity contribution in [3.05, 3.63) is 35.4 Å². The Balaban J connectivity index is 1.27. The molecule has 1 spiro atoms. The summed E-state index contributed by atoms with van der Waals surface area (Å²) in [7, 11) is 1.74. The summed E-state index contributed by atoms with van der Waals surface area (Å²) in [6.07, 6.45) is 11.8. The Morgan fingerprint density at radius 3 is 2.13 bits per heavy atom. The van der Waals surface area contributed by atoms with Crippen molar-refractivity contribution in [2.75, 3.05) is 20.3 Å². The number of carbonyl (C=O) groups is 1. The van der Waals surface area contributed by atoms with Crippen LogP contribution in [0.15, 0.2) is 24.3 Å². The van der Waals surface area contributed by atoms with E-state index >= 15 is 0 Å². The second-order valence-corrected chi connectivity index (χ2v) is 18.8. The zero-order chi connectivity index (χ0) is 33.9. The molecule has 1 aromatic carbocycles. The predicted molar refractivity (Wildman–Crippen MR) is 183 cm³/mol. The van der Waals surface area contributed by atoms with Crippen LogP contribution in [0.5, 0.6) is 0 Å². The van der Waals surface area contributed by atoms with Crippen LogP contribution in [0.4, 0.5) is 0 Å². The Hall–Kier alpha value is -1.47. The van der Waals surface area contributed by atoms with Gasteiger partial charge in [0.1, 0.15) is 0 Å². The maximum Gasteiger partial charge on any atom is 0.309 e. The average molecular weight is 651 g/mol. The fraction of sp³-hybridized carbons (Fsp3) is 0.829. The van der Waals surface area contributed by atoms with E-state index in [9.17, 15) is 20.1 Å². The minimum Gasteiger partial charge on any atom is -0.481 e. The topological polar surface area (TPSA) is 96.2 Å². The molecule has 1 heterocycles. The van der Waals surface area contributed by atoms with Crippen molar-refractivity contribution in [2.24, 2.45) is 55.7 Å². The molecule has 47 heavy (non-hydrogen) atoms. The fourth-order valence-electron chi connectivity index (χ4n) is 14.4. The molecular weight excluding hydrogens is 588 g/mol. The largest absolute Gasteiger partial charge is 0.481 e. The van der Waals surface area contributed by atoms with Crippen LogP contribution >= 0.6 is 0 Å². The Morgan fingerprint density at radius 2 is 1.47 bits per heavy atom. The summed E-state index contributed by atoms with van der Waals surface area (Å²) < 4.78 is 12.1. The number of hydrogen-bond acceptors (Lipinski definition) is 5. The number of benzene rings is 1. The highest BCUT2D eigenvalue weighted by molar-refractivity contribution is 5.74. The third kappa shape index (κ3) is 4.20. The number of hydrogen-bond donors (Lipinski definition) is 3. The summed E-state index contributed by atoms with van der Waals surface area (Å²) in [6.45, 7) is 15.1. The van der Waals surface area contributed by atoms with E-state index in [1.165, 1.54) is 17.5 Å². The Labute approximate surface area is 283 Å². The molecule has 12 atom stereocenters. The van der Waals surface area contributed by atoms with Crippen LogP contribution in [0.1, 0.15) is 123 Å². The molecule has 0 radical (unpaired) electrons. The second kappa shape index (κ2) is 10.8. The van der Waals surface area contributed by atoms with Gasteiger partial charge in [0.05, 0.1) is 18.1 Å². The van der Waals surface area contributed by atoms with Crippen LogP contribution in [0.25, 0.3) is 0 Å². The van der Waals surface area contributed by atoms with E-state index < -0.39 is 17.2 Å². The zero-order valence-corrected chi connectivity index (χ0v) is 30.3. The first-order chi connectivity index (χ1) is 22.0. The van der Waals surface area contributed by atoms with Crippen molar-refractivity contribution in [1.29, 1.82) is 0 Å². The van der Waals surface area contributed by atoms with Crippen molar-refractivity contribution in [3.63, 3.8) is 0 Å². The van der Waals surface area contributed by atoms with Gasteiger partial charge in [-0.15, -0.1) is 0 Å². The van der Waals surface area contributed by atoms with Gasteiger partial charge in [-0.3, -0.25) is 4.79 Å². The van der Waals surface area contributed by atoms with E-state index in [-0.39, 0.29) is 51.1 Å². The Kier molecular flexibility index (Phi) is 7.79. The molecule has 1 saturated heterocycles. The summed E-state index contributed by atoms with van der Waals surface area (Å²) in [5.74, 6) is -1.05.